The number of methoxy groups -OCH3 is 1. The first kappa shape index (κ1) is 17.6. The van der Waals surface area contributed by atoms with E-state index in [0.717, 1.165) is 51.6 Å². The highest BCUT2D eigenvalue weighted by Crippen LogP contribution is 2.28. The number of hydrogen-bond donors (Lipinski definition) is 0. The smallest absolute Gasteiger partial charge is 0.142 e. The average Bonchev–Trinajstić information content (AvgIpc) is 2.70. The van der Waals surface area contributed by atoms with E-state index < -0.39 is 0 Å². The number of benzene rings is 2. The van der Waals surface area contributed by atoms with Crippen molar-refractivity contribution >= 4 is 11.4 Å². The molecule has 1 fully saturated rings. The molecule has 0 radical (unpaired) electrons. The molecule has 25 heavy (non-hydrogen) atoms. The van der Waals surface area contributed by atoms with Gasteiger partial charge in [0.05, 0.1) is 12.8 Å². The average molecular weight is 339 g/mol. The van der Waals surface area contributed by atoms with Gasteiger partial charge in [-0.3, -0.25) is 4.90 Å². The van der Waals surface area contributed by atoms with Crippen LogP contribution in [0.25, 0.3) is 0 Å². The van der Waals surface area contributed by atoms with Gasteiger partial charge >= 0.3 is 0 Å². The molecule has 2 aromatic rings. The third-order valence-corrected chi connectivity index (χ3v) is 4.99. The Hall–Kier alpha value is -2.20. The molecule has 0 saturated carbocycles. The highest BCUT2D eigenvalue weighted by Gasteiger charge is 2.19. The van der Waals surface area contributed by atoms with Crippen molar-refractivity contribution in [1.29, 1.82) is 0 Å². The van der Waals surface area contributed by atoms with Crippen LogP contribution < -0.4 is 14.5 Å². The molecule has 4 heteroatoms. The van der Waals surface area contributed by atoms with Gasteiger partial charge in [0.1, 0.15) is 5.75 Å². The van der Waals surface area contributed by atoms with Gasteiger partial charge in [0.2, 0.25) is 0 Å². The van der Waals surface area contributed by atoms with Crippen LogP contribution in [0.2, 0.25) is 0 Å². The van der Waals surface area contributed by atoms with Crippen molar-refractivity contribution in [3.05, 3.63) is 54.6 Å². The number of para-hydroxylation sites is 3. The Labute approximate surface area is 151 Å². The first-order valence-electron chi connectivity index (χ1n) is 9.22. The van der Waals surface area contributed by atoms with Gasteiger partial charge in [-0.15, -0.1) is 0 Å². The lowest BCUT2D eigenvalue weighted by Gasteiger charge is -2.37. The summed E-state index contributed by atoms with van der Waals surface area (Å²) in [4.78, 5) is 7.45. The number of piperazine rings is 1. The van der Waals surface area contributed by atoms with Gasteiger partial charge in [-0.05, 0) is 31.2 Å². The first-order chi connectivity index (χ1) is 12.3. The van der Waals surface area contributed by atoms with Crippen molar-refractivity contribution in [3.63, 3.8) is 0 Å². The maximum atomic E-state index is 5.51. The Bertz CT molecular complexity index is 639. The fourth-order valence-electron chi connectivity index (χ4n) is 3.47. The Morgan fingerprint density at radius 1 is 0.920 bits per heavy atom. The third kappa shape index (κ3) is 4.45. The molecule has 4 nitrogen and oxygen atoms in total. The summed E-state index contributed by atoms with van der Waals surface area (Å²) < 4.78 is 5.51. The Morgan fingerprint density at radius 3 is 2.28 bits per heavy atom. The molecule has 3 rings (SSSR count). The second kappa shape index (κ2) is 8.77. The van der Waals surface area contributed by atoms with E-state index in [0.29, 0.717) is 0 Å². The van der Waals surface area contributed by atoms with Crippen LogP contribution in [0.4, 0.5) is 11.4 Å². The maximum absolute atomic E-state index is 5.51. The molecule has 1 saturated heterocycles. The molecule has 0 unspecified atom stereocenters. The summed E-state index contributed by atoms with van der Waals surface area (Å²) in [6, 6.07) is 19.0. The normalized spacial score (nSPS) is 15.2. The zero-order valence-electron chi connectivity index (χ0n) is 15.4. The maximum Gasteiger partial charge on any atom is 0.142 e. The fourth-order valence-corrected chi connectivity index (χ4v) is 3.47. The van der Waals surface area contributed by atoms with Crippen molar-refractivity contribution in [2.45, 2.75) is 6.92 Å². The number of nitrogens with zero attached hydrogens (tertiary/aromatic N) is 3. The van der Waals surface area contributed by atoms with Crippen molar-refractivity contribution in [2.75, 3.05) is 62.7 Å². The van der Waals surface area contributed by atoms with Gasteiger partial charge in [0.15, 0.2) is 0 Å². The monoisotopic (exact) mass is 339 g/mol. The molecule has 1 aliphatic heterocycles. The van der Waals surface area contributed by atoms with E-state index in [-0.39, 0.29) is 0 Å². The molecule has 0 aliphatic carbocycles. The summed E-state index contributed by atoms with van der Waals surface area (Å²) in [5, 5.41) is 0. The van der Waals surface area contributed by atoms with E-state index in [4.69, 9.17) is 4.74 Å². The number of ether oxygens (including phenoxy) is 1. The molecule has 1 heterocycles. The largest absolute Gasteiger partial charge is 0.495 e. The van der Waals surface area contributed by atoms with E-state index in [1.54, 1.807) is 7.11 Å². The summed E-state index contributed by atoms with van der Waals surface area (Å²) in [7, 11) is 1.75. The van der Waals surface area contributed by atoms with Crippen LogP contribution in [-0.4, -0.2) is 57.8 Å². The Balaban J connectivity index is 1.51. The minimum atomic E-state index is 0.970. The Morgan fingerprint density at radius 2 is 1.60 bits per heavy atom. The van der Waals surface area contributed by atoms with Gasteiger partial charge < -0.3 is 14.5 Å². The van der Waals surface area contributed by atoms with Gasteiger partial charge in [0, 0.05) is 51.5 Å². The molecule has 134 valence electrons. The summed E-state index contributed by atoms with van der Waals surface area (Å²) in [5.41, 5.74) is 2.53. The van der Waals surface area contributed by atoms with Crippen LogP contribution in [0.3, 0.4) is 0 Å². The molecule has 0 spiro atoms. The molecule has 1 aliphatic rings. The minimum absolute atomic E-state index is 0.970. The molecule has 0 bridgehead atoms. The van der Waals surface area contributed by atoms with Crippen LogP contribution in [0.1, 0.15) is 6.92 Å². The van der Waals surface area contributed by atoms with Gasteiger partial charge in [-0.1, -0.05) is 30.3 Å². The summed E-state index contributed by atoms with van der Waals surface area (Å²) in [5.74, 6) is 0.970. The number of rotatable bonds is 7. The van der Waals surface area contributed by atoms with Crippen molar-refractivity contribution in [2.24, 2.45) is 0 Å². The van der Waals surface area contributed by atoms with Crippen LogP contribution in [0.15, 0.2) is 54.6 Å². The zero-order valence-corrected chi connectivity index (χ0v) is 15.4. The molecular formula is C21H29N3O. The van der Waals surface area contributed by atoms with Gasteiger partial charge in [-0.25, -0.2) is 0 Å². The van der Waals surface area contributed by atoms with Crippen molar-refractivity contribution in [1.82, 2.24) is 4.90 Å². The fraction of sp³-hybridized carbons (Fsp3) is 0.429. The quantitative estimate of drug-likeness (QED) is 0.770. The summed E-state index contributed by atoms with van der Waals surface area (Å²) >= 11 is 0. The molecular weight excluding hydrogens is 310 g/mol. The van der Waals surface area contributed by atoms with Crippen molar-refractivity contribution in [3.8, 4) is 5.75 Å². The predicted octanol–water partition coefficient (Wildman–Crippen LogP) is 3.34. The lowest BCUT2D eigenvalue weighted by molar-refractivity contribution is 0.262. The molecule has 2 aromatic carbocycles. The van der Waals surface area contributed by atoms with E-state index in [2.05, 4.69) is 64.1 Å². The van der Waals surface area contributed by atoms with E-state index in [1.807, 2.05) is 12.1 Å². The molecule has 0 atom stereocenters. The number of hydrogen-bond acceptors (Lipinski definition) is 4. The molecule has 0 N–H and O–H groups in total. The first-order valence-corrected chi connectivity index (χ1v) is 9.22. The highest BCUT2D eigenvalue weighted by atomic mass is 16.5. The summed E-state index contributed by atoms with van der Waals surface area (Å²) in [6.45, 7) is 9.78. The lowest BCUT2D eigenvalue weighted by Crippen LogP contribution is -2.48. The number of likely N-dealkylation sites (N-methyl/N-ethyl adjacent to an activating group) is 1. The highest BCUT2D eigenvalue weighted by molar-refractivity contribution is 5.58. The predicted molar refractivity (Wildman–Crippen MR) is 106 cm³/mol. The van der Waals surface area contributed by atoms with E-state index in [9.17, 15) is 0 Å². The van der Waals surface area contributed by atoms with Crippen LogP contribution in [-0.2, 0) is 0 Å². The second-order valence-electron chi connectivity index (χ2n) is 6.42. The number of anilines is 2. The van der Waals surface area contributed by atoms with Crippen molar-refractivity contribution < 1.29 is 4.74 Å². The SMILES string of the molecule is CCN(CCN1CCN(c2ccccc2OC)CC1)c1ccccc1. The molecule has 0 aromatic heterocycles. The summed E-state index contributed by atoms with van der Waals surface area (Å²) in [6.07, 6.45) is 0. The third-order valence-electron chi connectivity index (χ3n) is 4.99. The minimum Gasteiger partial charge on any atom is -0.495 e. The Kier molecular flexibility index (Phi) is 6.18. The van der Waals surface area contributed by atoms with Gasteiger partial charge in [0.25, 0.3) is 0 Å². The van der Waals surface area contributed by atoms with Gasteiger partial charge in [-0.2, -0.15) is 0 Å². The zero-order chi connectivity index (χ0) is 17.5. The lowest BCUT2D eigenvalue weighted by atomic mass is 10.2. The van der Waals surface area contributed by atoms with E-state index >= 15 is 0 Å². The standard InChI is InChI=1S/C21H29N3O/c1-3-23(19-9-5-4-6-10-19)16-13-22-14-17-24(18-15-22)20-11-7-8-12-21(20)25-2/h4-12H,3,13-18H2,1-2H3. The van der Waals surface area contributed by atoms with Crippen LogP contribution in [0.5, 0.6) is 5.75 Å². The topological polar surface area (TPSA) is 19.0 Å². The second-order valence-corrected chi connectivity index (χ2v) is 6.42. The molecule has 0 amide bonds. The van der Waals surface area contributed by atoms with Crippen LogP contribution >= 0.6 is 0 Å². The van der Waals surface area contributed by atoms with Crippen LogP contribution in [0, 0.1) is 0 Å². The van der Waals surface area contributed by atoms with E-state index in [1.165, 1.54) is 11.4 Å².